The van der Waals surface area contributed by atoms with Crippen LogP contribution in [0.5, 0.6) is 0 Å². The second-order valence-electron chi connectivity index (χ2n) is 3.71. The van der Waals surface area contributed by atoms with Gasteiger partial charge >= 0.3 is 0 Å². The van der Waals surface area contributed by atoms with Crippen LogP contribution in [-0.4, -0.2) is 27.8 Å². The van der Waals surface area contributed by atoms with E-state index in [1.54, 1.807) is 48.6 Å². The number of halogens is 1. The van der Waals surface area contributed by atoms with E-state index in [1.807, 2.05) is 0 Å². The standard InChI is InChI=1S/C12H12ClN3O/c1-16(8-11-14-5-6-15-11)12(17)9-3-2-4-10(13)7-9/h2-7H,8H2,1H3,(H,14,15). The number of hydrogen-bond acceptors (Lipinski definition) is 2. The number of carbonyl (C=O) groups excluding carboxylic acids is 1. The number of benzene rings is 1. The Bertz CT molecular complexity index is 510. The molecule has 0 aliphatic heterocycles. The smallest absolute Gasteiger partial charge is 0.254 e. The molecule has 5 heteroatoms. The highest BCUT2D eigenvalue weighted by Crippen LogP contribution is 2.12. The maximum Gasteiger partial charge on any atom is 0.254 e. The molecule has 88 valence electrons. The quantitative estimate of drug-likeness (QED) is 0.908. The number of H-pyrrole nitrogens is 1. The van der Waals surface area contributed by atoms with Crippen LogP contribution < -0.4 is 0 Å². The van der Waals surface area contributed by atoms with Crippen molar-refractivity contribution in [1.82, 2.24) is 14.9 Å². The lowest BCUT2D eigenvalue weighted by Gasteiger charge is -2.15. The molecule has 0 atom stereocenters. The molecule has 0 unspecified atom stereocenters. The molecule has 0 aliphatic rings. The van der Waals surface area contributed by atoms with E-state index in [-0.39, 0.29) is 5.91 Å². The Hall–Kier alpha value is -1.81. The van der Waals surface area contributed by atoms with Crippen LogP contribution in [-0.2, 0) is 6.54 Å². The molecule has 2 rings (SSSR count). The summed E-state index contributed by atoms with van der Waals surface area (Å²) < 4.78 is 0. The molecule has 0 fully saturated rings. The summed E-state index contributed by atoms with van der Waals surface area (Å²) in [6.45, 7) is 0.443. The number of imidazole rings is 1. The van der Waals surface area contributed by atoms with Gasteiger partial charge in [-0.3, -0.25) is 4.79 Å². The van der Waals surface area contributed by atoms with Crippen LogP contribution in [0.4, 0.5) is 0 Å². The molecule has 4 nitrogen and oxygen atoms in total. The van der Waals surface area contributed by atoms with Gasteiger partial charge in [-0.25, -0.2) is 4.98 Å². The molecule has 17 heavy (non-hydrogen) atoms. The Morgan fingerprint density at radius 1 is 1.53 bits per heavy atom. The third-order valence-corrected chi connectivity index (χ3v) is 2.60. The molecule has 1 amide bonds. The number of aromatic nitrogens is 2. The van der Waals surface area contributed by atoms with Crippen molar-refractivity contribution in [3.05, 3.63) is 53.1 Å². The van der Waals surface area contributed by atoms with Crippen LogP contribution in [0.25, 0.3) is 0 Å². The molecule has 0 spiro atoms. The monoisotopic (exact) mass is 249 g/mol. The van der Waals surface area contributed by atoms with Crippen molar-refractivity contribution >= 4 is 17.5 Å². The fourth-order valence-corrected chi connectivity index (χ4v) is 1.71. The van der Waals surface area contributed by atoms with Crippen LogP contribution in [0.15, 0.2) is 36.7 Å². The van der Waals surface area contributed by atoms with Gasteiger partial charge in [0.25, 0.3) is 5.91 Å². The summed E-state index contributed by atoms with van der Waals surface area (Å²) in [5, 5.41) is 0.558. The molecule has 0 radical (unpaired) electrons. The molecular formula is C12H12ClN3O. The van der Waals surface area contributed by atoms with Crippen LogP contribution in [0, 0.1) is 0 Å². The van der Waals surface area contributed by atoms with Crippen molar-refractivity contribution < 1.29 is 4.79 Å². The molecule has 1 heterocycles. The Kier molecular flexibility index (Phi) is 3.44. The lowest BCUT2D eigenvalue weighted by molar-refractivity contribution is 0.0782. The first-order valence-corrected chi connectivity index (χ1v) is 5.54. The van der Waals surface area contributed by atoms with E-state index in [9.17, 15) is 4.79 Å². The Morgan fingerprint density at radius 2 is 2.35 bits per heavy atom. The van der Waals surface area contributed by atoms with Crippen molar-refractivity contribution in [3.8, 4) is 0 Å². The number of aromatic amines is 1. The molecular weight excluding hydrogens is 238 g/mol. The maximum absolute atomic E-state index is 12.0. The van der Waals surface area contributed by atoms with E-state index >= 15 is 0 Å². The van der Waals surface area contributed by atoms with Crippen molar-refractivity contribution in [3.63, 3.8) is 0 Å². The van der Waals surface area contributed by atoms with E-state index in [4.69, 9.17) is 11.6 Å². The number of hydrogen-bond donors (Lipinski definition) is 1. The van der Waals surface area contributed by atoms with Crippen molar-refractivity contribution in [1.29, 1.82) is 0 Å². The van der Waals surface area contributed by atoms with Gasteiger partial charge in [0.15, 0.2) is 0 Å². The lowest BCUT2D eigenvalue weighted by Crippen LogP contribution is -2.26. The van der Waals surface area contributed by atoms with Gasteiger partial charge in [0.2, 0.25) is 0 Å². The van der Waals surface area contributed by atoms with Gasteiger partial charge in [-0.15, -0.1) is 0 Å². The average Bonchev–Trinajstić information content (AvgIpc) is 2.80. The number of carbonyl (C=O) groups is 1. The topological polar surface area (TPSA) is 49.0 Å². The van der Waals surface area contributed by atoms with E-state index < -0.39 is 0 Å². The lowest BCUT2D eigenvalue weighted by atomic mass is 10.2. The van der Waals surface area contributed by atoms with Crippen molar-refractivity contribution in [2.24, 2.45) is 0 Å². The first kappa shape index (κ1) is 11.7. The number of nitrogens with one attached hydrogen (secondary N) is 1. The first-order chi connectivity index (χ1) is 8.16. The van der Waals surface area contributed by atoms with Crippen molar-refractivity contribution in [2.45, 2.75) is 6.54 Å². The fraction of sp³-hybridized carbons (Fsp3) is 0.167. The SMILES string of the molecule is CN(Cc1ncc[nH]1)C(=O)c1cccc(Cl)c1. The Labute approximate surface area is 104 Å². The predicted octanol–water partition coefficient (Wildman–Crippen LogP) is 2.34. The van der Waals surface area contributed by atoms with Gasteiger partial charge in [-0.1, -0.05) is 17.7 Å². The highest BCUT2D eigenvalue weighted by Gasteiger charge is 2.12. The maximum atomic E-state index is 12.0. The molecule has 1 N–H and O–H groups in total. The summed E-state index contributed by atoms with van der Waals surface area (Å²) in [5.41, 5.74) is 0.576. The minimum Gasteiger partial charge on any atom is -0.347 e. The number of nitrogens with zero attached hydrogens (tertiary/aromatic N) is 2. The Morgan fingerprint density at radius 3 is 3.00 bits per heavy atom. The van der Waals surface area contributed by atoms with Gasteiger partial charge in [0.1, 0.15) is 5.82 Å². The molecule has 0 bridgehead atoms. The molecule has 2 aromatic rings. The molecule has 1 aromatic heterocycles. The summed E-state index contributed by atoms with van der Waals surface area (Å²) in [5.74, 6) is 0.673. The van der Waals surface area contributed by atoms with Gasteiger partial charge in [0.05, 0.1) is 6.54 Å². The van der Waals surface area contributed by atoms with Crippen LogP contribution in [0.3, 0.4) is 0 Å². The zero-order valence-corrected chi connectivity index (χ0v) is 10.1. The van der Waals surface area contributed by atoms with Crippen LogP contribution >= 0.6 is 11.6 Å². The molecule has 1 aromatic carbocycles. The minimum atomic E-state index is -0.0797. The summed E-state index contributed by atoms with van der Waals surface area (Å²) in [4.78, 5) is 20.7. The van der Waals surface area contributed by atoms with E-state index in [1.165, 1.54) is 0 Å². The third kappa shape index (κ3) is 2.85. The summed E-state index contributed by atoms with van der Waals surface area (Å²) in [7, 11) is 1.73. The number of amides is 1. The van der Waals surface area contributed by atoms with E-state index in [2.05, 4.69) is 9.97 Å². The first-order valence-electron chi connectivity index (χ1n) is 5.16. The summed E-state index contributed by atoms with van der Waals surface area (Å²) in [6.07, 6.45) is 3.39. The third-order valence-electron chi connectivity index (χ3n) is 2.36. The van der Waals surface area contributed by atoms with Gasteiger partial charge in [-0.2, -0.15) is 0 Å². The van der Waals surface area contributed by atoms with Gasteiger partial charge in [-0.05, 0) is 18.2 Å². The van der Waals surface area contributed by atoms with Gasteiger partial charge in [0, 0.05) is 30.0 Å². The molecule has 0 saturated heterocycles. The molecule has 0 saturated carbocycles. The molecule has 0 aliphatic carbocycles. The summed E-state index contributed by atoms with van der Waals surface area (Å²) >= 11 is 5.85. The van der Waals surface area contributed by atoms with Crippen LogP contribution in [0.2, 0.25) is 5.02 Å². The highest BCUT2D eigenvalue weighted by molar-refractivity contribution is 6.30. The number of rotatable bonds is 3. The summed E-state index contributed by atoms with van der Waals surface area (Å²) in [6, 6.07) is 6.90. The second-order valence-corrected chi connectivity index (χ2v) is 4.14. The highest BCUT2D eigenvalue weighted by atomic mass is 35.5. The minimum absolute atomic E-state index is 0.0797. The zero-order chi connectivity index (χ0) is 12.3. The van der Waals surface area contributed by atoms with Crippen molar-refractivity contribution in [2.75, 3.05) is 7.05 Å². The average molecular weight is 250 g/mol. The normalized spacial score (nSPS) is 10.2. The largest absolute Gasteiger partial charge is 0.347 e. The fourth-order valence-electron chi connectivity index (χ4n) is 1.52. The van der Waals surface area contributed by atoms with E-state index in [0.717, 1.165) is 5.82 Å². The zero-order valence-electron chi connectivity index (χ0n) is 9.35. The Balaban J connectivity index is 2.09. The van der Waals surface area contributed by atoms with E-state index in [0.29, 0.717) is 17.1 Å². The van der Waals surface area contributed by atoms with Crippen LogP contribution in [0.1, 0.15) is 16.2 Å². The second kappa shape index (κ2) is 5.01. The van der Waals surface area contributed by atoms with Gasteiger partial charge < -0.3 is 9.88 Å². The predicted molar refractivity (Wildman–Crippen MR) is 65.8 cm³/mol.